The van der Waals surface area contributed by atoms with Gasteiger partial charge in [0.2, 0.25) is 11.9 Å². The fraction of sp³-hybridized carbons (Fsp3) is 0.316. The van der Waals surface area contributed by atoms with Crippen LogP contribution < -0.4 is 15.8 Å². The molecule has 0 radical (unpaired) electrons. The van der Waals surface area contributed by atoms with Crippen LogP contribution in [0.2, 0.25) is 0 Å². The molecule has 3 rings (SSSR count). The number of halogens is 1. The van der Waals surface area contributed by atoms with Crippen LogP contribution in [0.25, 0.3) is 10.2 Å². The van der Waals surface area contributed by atoms with Crippen LogP contribution in [-0.4, -0.2) is 28.5 Å². The van der Waals surface area contributed by atoms with Gasteiger partial charge in [-0.15, -0.1) is 11.3 Å². The molecule has 0 aliphatic rings. The first kappa shape index (κ1) is 19.0. The second kappa shape index (κ2) is 8.30. The van der Waals surface area contributed by atoms with Crippen molar-refractivity contribution in [3.63, 3.8) is 0 Å². The smallest absolute Gasteiger partial charge is 0.272 e. The Kier molecular flexibility index (Phi) is 5.85. The van der Waals surface area contributed by atoms with E-state index in [0.717, 1.165) is 0 Å². The summed E-state index contributed by atoms with van der Waals surface area (Å²) in [5, 5.41) is 4.49. The lowest BCUT2D eigenvalue weighted by Gasteiger charge is -2.23. The minimum Gasteiger partial charge on any atom is -0.343 e. The molecule has 0 fully saturated rings. The lowest BCUT2D eigenvalue weighted by Crippen LogP contribution is -2.33. The minimum atomic E-state index is -0.416. The topological polar surface area (TPSA) is 67.2 Å². The molecule has 1 aromatic carbocycles. The van der Waals surface area contributed by atoms with Gasteiger partial charge in [0.15, 0.2) is 0 Å². The van der Waals surface area contributed by atoms with Crippen LogP contribution in [0.15, 0.2) is 40.5 Å². The number of anilines is 2. The summed E-state index contributed by atoms with van der Waals surface area (Å²) in [6.45, 7) is 5.59. The molecule has 27 heavy (non-hydrogen) atoms. The highest BCUT2D eigenvalue weighted by Crippen LogP contribution is 2.19. The summed E-state index contributed by atoms with van der Waals surface area (Å²) < 4.78 is 15.4. The minimum absolute atomic E-state index is 0.0866. The van der Waals surface area contributed by atoms with Gasteiger partial charge in [-0.1, -0.05) is 6.07 Å². The lowest BCUT2D eigenvalue weighted by molar-refractivity contribution is -0.116. The number of carbonyl (C=O) groups is 1. The third kappa shape index (κ3) is 4.16. The molecule has 0 saturated heterocycles. The normalized spacial score (nSPS) is 10.9. The van der Waals surface area contributed by atoms with Gasteiger partial charge in [-0.05, 0) is 43.5 Å². The Balaban J connectivity index is 1.84. The van der Waals surface area contributed by atoms with Gasteiger partial charge in [-0.3, -0.25) is 14.2 Å². The summed E-state index contributed by atoms with van der Waals surface area (Å²) >= 11 is 1.35. The Hall–Kier alpha value is -2.74. The highest BCUT2D eigenvalue weighted by Gasteiger charge is 2.17. The van der Waals surface area contributed by atoms with E-state index in [2.05, 4.69) is 10.3 Å². The van der Waals surface area contributed by atoms with Gasteiger partial charge < -0.3 is 10.2 Å². The number of aromatic nitrogens is 2. The number of nitrogens with one attached hydrogen (secondary N) is 1. The van der Waals surface area contributed by atoms with E-state index in [1.54, 1.807) is 10.6 Å². The molecule has 0 saturated carbocycles. The van der Waals surface area contributed by atoms with Crippen LogP contribution in [0.1, 0.15) is 20.3 Å². The summed E-state index contributed by atoms with van der Waals surface area (Å²) in [6, 6.07) is 7.55. The molecule has 142 valence electrons. The number of fused-ring (bicyclic) bond motifs is 1. The third-order valence-electron chi connectivity index (χ3n) is 4.26. The van der Waals surface area contributed by atoms with Crippen molar-refractivity contribution in [2.75, 3.05) is 23.3 Å². The van der Waals surface area contributed by atoms with Gasteiger partial charge >= 0.3 is 0 Å². The van der Waals surface area contributed by atoms with Crippen LogP contribution in [0, 0.1) is 5.82 Å². The summed E-state index contributed by atoms with van der Waals surface area (Å²) in [7, 11) is 0. The fourth-order valence-electron chi connectivity index (χ4n) is 2.88. The Morgan fingerprint density at radius 1 is 1.30 bits per heavy atom. The molecule has 1 amide bonds. The highest BCUT2D eigenvalue weighted by molar-refractivity contribution is 7.17. The fourth-order valence-corrected chi connectivity index (χ4v) is 3.66. The van der Waals surface area contributed by atoms with Gasteiger partial charge in [-0.25, -0.2) is 9.37 Å². The van der Waals surface area contributed by atoms with Crippen molar-refractivity contribution in [1.82, 2.24) is 9.55 Å². The molecule has 8 heteroatoms. The van der Waals surface area contributed by atoms with E-state index < -0.39 is 5.82 Å². The van der Waals surface area contributed by atoms with E-state index in [-0.39, 0.29) is 24.4 Å². The number of nitrogens with zero attached hydrogens (tertiary/aromatic N) is 3. The first-order valence-corrected chi connectivity index (χ1v) is 9.69. The molecule has 2 heterocycles. The van der Waals surface area contributed by atoms with Crippen molar-refractivity contribution >= 4 is 39.1 Å². The Morgan fingerprint density at radius 3 is 2.78 bits per heavy atom. The summed E-state index contributed by atoms with van der Waals surface area (Å²) in [6.07, 6.45) is 0.0866. The Morgan fingerprint density at radius 2 is 2.07 bits per heavy atom. The predicted octanol–water partition coefficient (Wildman–Crippen LogP) is 3.47. The molecule has 0 aliphatic carbocycles. The van der Waals surface area contributed by atoms with Crippen LogP contribution in [0.4, 0.5) is 16.0 Å². The monoisotopic (exact) mass is 388 g/mol. The molecular weight excluding hydrogens is 367 g/mol. The zero-order chi connectivity index (χ0) is 19.4. The second-order valence-electron chi connectivity index (χ2n) is 5.98. The predicted molar refractivity (Wildman–Crippen MR) is 107 cm³/mol. The molecule has 2 aromatic heterocycles. The van der Waals surface area contributed by atoms with Crippen molar-refractivity contribution in [3.05, 3.63) is 51.9 Å². The Bertz CT molecular complexity index is 1010. The van der Waals surface area contributed by atoms with Gasteiger partial charge in [0.1, 0.15) is 10.5 Å². The summed E-state index contributed by atoms with van der Waals surface area (Å²) in [5.41, 5.74) is 0.922. The van der Waals surface area contributed by atoms with Gasteiger partial charge in [0, 0.05) is 31.7 Å². The molecular formula is C19H21FN4O2S. The second-order valence-corrected chi connectivity index (χ2v) is 6.90. The van der Waals surface area contributed by atoms with Crippen molar-refractivity contribution < 1.29 is 9.18 Å². The van der Waals surface area contributed by atoms with Crippen LogP contribution in [-0.2, 0) is 11.3 Å². The van der Waals surface area contributed by atoms with Crippen molar-refractivity contribution in [2.45, 2.75) is 26.8 Å². The van der Waals surface area contributed by atoms with E-state index in [9.17, 15) is 14.0 Å². The van der Waals surface area contributed by atoms with E-state index in [4.69, 9.17) is 0 Å². The zero-order valence-electron chi connectivity index (χ0n) is 15.2. The first-order chi connectivity index (χ1) is 13.0. The highest BCUT2D eigenvalue weighted by atomic mass is 32.1. The van der Waals surface area contributed by atoms with E-state index in [0.29, 0.717) is 34.9 Å². The first-order valence-electron chi connectivity index (χ1n) is 8.81. The number of hydrogen-bond acceptors (Lipinski definition) is 5. The molecule has 0 unspecified atom stereocenters. The van der Waals surface area contributed by atoms with Crippen LogP contribution in [0.3, 0.4) is 0 Å². The quantitative estimate of drug-likeness (QED) is 0.673. The largest absolute Gasteiger partial charge is 0.343 e. The maximum atomic E-state index is 13.2. The van der Waals surface area contributed by atoms with Gasteiger partial charge in [0.25, 0.3) is 5.56 Å². The molecule has 6 nitrogen and oxygen atoms in total. The average Bonchev–Trinajstić information content (AvgIpc) is 3.11. The van der Waals surface area contributed by atoms with Crippen molar-refractivity contribution in [3.8, 4) is 0 Å². The molecule has 0 bridgehead atoms. The number of amides is 1. The number of hydrogen-bond donors (Lipinski definition) is 1. The molecule has 1 N–H and O–H groups in total. The average molecular weight is 388 g/mol. The molecule has 0 aliphatic heterocycles. The summed E-state index contributed by atoms with van der Waals surface area (Å²) in [4.78, 5) is 31.8. The summed E-state index contributed by atoms with van der Waals surface area (Å²) in [5.74, 6) is -0.140. The van der Waals surface area contributed by atoms with E-state index in [1.165, 1.54) is 29.5 Å². The molecule has 0 spiro atoms. The van der Waals surface area contributed by atoms with E-state index in [1.807, 2.05) is 30.2 Å². The van der Waals surface area contributed by atoms with Crippen molar-refractivity contribution in [1.29, 1.82) is 0 Å². The maximum absolute atomic E-state index is 13.2. The number of benzene rings is 1. The Labute approximate surface area is 160 Å². The van der Waals surface area contributed by atoms with Gasteiger partial charge in [0.05, 0.1) is 5.52 Å². The SMILES string of the molecule is CCN(CC)c1nc2ccsc2c(=O)n1CCC(=O)Nc1cccc(F)c1. The number of rotatable bonds is 7. The lowest BCUT2D eigenvalue weighted by atomic mass is 10.3. The molecule has 3 aromatic rings. The van der Waals surface area contributed by atoms with Gasteiger partial charge in [-0.2, -0.15) is 0 Å². The maximum Gasteiger partial charge on any atom is 0.272 e. The number of carbonyl (C=O) groups excluding carboxylic acids is 1. The standard InChI is InChI=1S/C19H21FN4O2S/c1-3-23(4-2)19-22-15-9-11-27-17(15)18(26)24(19)10-8-16(25)21-14-7-5-6-13(20)12-14/h5-7,9,11-12H,3-4,8,10H2,1-2H3,(H,21,25). The number of thiophene rings is 1. The zero-order valence-corrected chi connectivity index (χ0v) is 16.1. The van der Waals surface area contributed by atoms with Crippen LogP contribution in [0.5, 0.6) is 0 Å². The van der Waals surface area contributed by atoms with Crippen molar-refractivity contribution in [2.24, 2.45) is 0 Å². The van der Waals surface area contributed by atoms with Crippen LogP contribution >= 0.6 is 11.3 Å². The third-order valence-corrected chi connectivity index (χ3v) is 5.15. The van der Waals surface area contributed by atoms with E-state index >= 15 is 0 Å². The molecule has 0 atom stereocenters.